The molecule has 0 fully saturated rings. The number of amides is 1. The van der Waals surface area contributed by atoms with Crippen molar-refractivity contribution in [1.82, 2.24) is 4.98 Å². The van der Waals surface area contributed by atoms with E-state index in [1.54, 1.807) is 39.1 Å². The Labute approximate surface area is 159 Å². The summed E-state index contributed by atoms with van der Waals surface area (Å²) in [5.74, 6) is -1.34. The topological polar surface area (TPSA) is 70.5 Å². The molecule has 0 spiro atoms. The monoisotopic (exact) mass is 364 g/mol. The number of aryl methyl sites for hydroxylation is 2. The van der Waals surface area contributed by atoms with Gasteiger partial charge in [-0.1, -0.05) is 44.5 Å². The average molecular weight is 364 g/mol. The Hall–Kier alpha value is -2.95. The Morgan fingerprint density at radius 1 is 1.15 bits per heavy atom. The highest BCUT2D eigenvalue weighted by atomic mass is 16.3. The van der Waals surface area contributed by atoms with E-state index in [1.807, 2.05) is 38.1 Å². The molecule has 1 aromatic carbocycles. The summed E-state index contributed by atoms with van der Waals surface area (Å²) in [5, 5.41) is 10.6. The number of nitrogens with zero attached hydrogens (tertiary/aromatic N) is 2. The first kappa shape index (κ1) is 18.8. The number of carbonyl (C=O) groups excluding carboxylic acids is 2. The van der Waals surface area contributed by atoms with Crippen molar-refractivity contribution >= 4 is 17.4 Å². The summed E-state index contributed by atoms with van der Waals surface area (Å²) in [5.41, 5.74) is 2.52. The van der Waals surface area contributed by atoms with Crippen molar-refractivity contribution in [3.05, 3.63) is 70.7 Å². The zero-order valence-corrected chi connectivity index (χ0v) is 16.3. The van der Waals surface area contributed by atoms with Crippen LogP contribution in [0, 0.1) is 19.3 Å². The fourth-order valence-corrected chi connectivity index (χ4v) is 3.38. The van der Waals surface area contributed by atoms with Crippen molar-refractivity contribution in [2.75, 3.05) is 4.90 Å². The fourth-order valence-electron chi connectivity index (χ4n) is 3.38. The highest BCUT2D eigenvalue weighted by Gasteiger charge is 2.47. The van der Waals surface area contributed by atoms with Gasteiger partial charge in [0, 0.05) is 17.3 Å². The zero-order chi connectivity index (χ0) is 19.9. The van der Waals surface area contributed by atoms with E-state index in [9.17, 15) is 14.7 Å². The van der Waals surface area contributed by atoms with Gasteiger partial charge in [-0.2, -0.15) is 0 Å². The Balaban J connectivity index is 2.23. The molecule has 5 heteroatoms. The fraction of sp³-hybridized carbons (Fsp3) is 0.318. The first-order valence-electron chi connectivity index (χ1n) is 8.92. The van der Waals surface area contributed by atoms with Crippen molar-refractivity contribution < 1.29 is 14.7 Å². The van der Waals surface area contributed by atoms with E-state index < -0.39 is 23.1 Å². The second kappa shape index (κ2) is 6.65. The molecule has 0 aliphatic carbocycles. The number of benzene rings is 1. The predicted molar refractivity (Wildman–Crippen MR) is 104 cm³/mol. The van der Waals surface area contributed by atoms with Crippen molar-refractivity contribution in [1.29, 1.82) is 0 Å². The molecule has 1 atom stereocenters. The normalized spacial score (nSPS) is 17.6. The number of pyridine rings is 1. The van der Waals surface area contributed by atoms with Crippen molar-refractivity contribution in [3.8, 4) is 0 Å². The van der Waals surface area contributed by atoms with E-state index >= 15 is 0 Å². The van der Waals surface area contributed by atoms with Gasteiger partial charge in [-0.25, -0.2) is 0 Å². The molecule has 1 N–H and O–H groups in total. The standard InChI is InChI=1S/C22H24N2O3/c1-13-9-10-16(14(2)12-13)24-18(15-8-6-7-11-23-15)17(19(25)21(24)27)20(26)22(3,4)5/h6-12,18,25H,1-5H3. The molecule has 1 amide bonds. The zero-order valence-electron chi connectivity index (χ0n) is 16.3. The quantitative estimate of drug-likeness (QED) is 0.885. The van der Waals surface area contributed by atoms with Crippen LogP contribution < -0.4 is 4.90 Å². The molecule has 27 heavy (non-hydrogen) atoms. The van der Waals surface area contributed by atoms with Crippen molar-refractivity contribution in [3.63, 3.8) is 0 Å². The van der Waals surface area contributed by atoms with Crippen LogP contribution in [0.1, 0.15) is 43.6 Å². The van der Waals surface area contributed by atoms with Gasteiger partial charge in [-0.05, 0) is 37.6 Å². The number of aliphatic hydroxyl groups excluding tert-OH is 1. The SMILES string of the molecule is Cc1ccc(N2C(=O)C(O)=C(C(=O)C(C)(C)C)C2c2ccccn2)c(C)c1. The predicted octanol–water partition coefficient (Wildman–Crippen LogP) is 4.21. The van der Waals surface area contributed by atoms with Crippen molar-refractivity contribution in [2.24, 2.45) is 5.41 Å². The molecule has 0 saturated heterocycles. The molecule has 140 valence electrons. The lowest BCUT2D eigenvalue weighted by Crippen LogP contribution is -2.33. The van der Waals surface area contributed by atoms with Crippen LogP contribution in [0.25, 0.3) is 0 Å². The molecule has 1 aliphatic heterocycles. The molecule has 0 bridgehead atoms. The summed E-state index contributed by atoms with van der Waals surface area (Å²) in [7, 11) is 0. The third kappa shape index (κ3) is 3.25. The Morgan fingerprint density at radius 2 is 1.85 bits per heavy atom. The summed E-state index contributed by atoms with van der Waals surface area (Å²) in [4.78, 5) is 32.0. The van der Waals surface area contributed by atoms with Crippen LogP contribution in [0.5, 0.6) is 0 Å². The molecule has 1 aromatic heterocycles. The van der Waals surface area contributed by atoms with E-state index in [0.29, 0.717) is 11.4 Å². The highest BCUT2D eigenvalue weighted by Crippen LogP contribution is 2.43. The summed E-state index contributed by atoms with van der Waals surface area (Å²) in [6.07, 6.45) is 1.62. The molecular formula is C22H24N2O3. The lowest BCUT2D eigenvalue weighted by Gasteiger charge is -2.29. The minimum atomic E-state index is -0.758. The van der Waals surface area contributed by atoms with Gasteiger partial charge in [0.15, 0.2) is 11.5 Å². The lowest BCUT2D eigenvalue weighted by molar-refractivity contribution is -0.123. The molecule has 2 aromatic rings. The maximum Gasteiger partial charge on any atom is 0.294 e. The highest BCUT2D eigenvalue weighted by molar-refractivity contribution is 6.17. The maximum absolute atomic E-state index is 13.1. The average Bonchev–Trinajstić information content (AvgIpc) is 2.86. The Kier molecular flexibility index (Phi) is 4.64. The minimum Gasteiger partial charge on any atom is -0.503 e. The van der Waals surface area contributed by atoms with Crippen LogP contribution in [0.4, 0.5) is 5.69 Å². The molecule has 0 radical (unpaired) electrons. The number of aromatic nitrogens is 1. The number of ketones is 1. The third-order valence-electron chi connectivity index (χ3n) is 4.71. The molecule has 3 rings (SSSR count). The van der Waals surface area contributed by atoms with Gasteiger partial charge in [0.05, 0.1) is 11.3 Å². The number of hydrogen-bond donors (Lipinski definition) is 1. The largest absolute Gasteiger partial charge is 0.503 e. The van der Waals surface area contributed by atoms with Gasteiger partial charge >= 0.3 is 0 Å². The van der Waals surface area contributed by atoms with Gasteiger partial charge in [-0.15, -0.1) is 0 Å². The molecule has 1 unspecified atom stereocenters. The molecular weight excluding hydrogens is 340 g/mol. The number of rotatable bonds is 3. The van der Waals surface area contributed by atoms with Crippen LogP contribution in [0.3, 0.4) is 0 Å². The van der Waals surface area contributed by atoms with E-state index in [0.717, 1.165) is 11.1 Å². The van der Waals surface area contributed by atoms with Crippen LogP contribution in [0.2, 0.25) is 0 Å². The number of carbonyl (C=O) groups is 2. The number of aliphatic hydroxyl groups is 1. The lowest BCUT2D eigenvalue weighted by atomic mass is 9.83. The van der Waals surface area contributed by atoms with E-state index in [4.69, 9.17) is 0 Å². The molecule has 5 nitrogen and oxygen atoms in total. The van der Waals surface area contributed by atoms with Gasteiger partial charge in [0.2, 0.25) is 0 Å². The molecule has 0 saturated carbocycles. The number of Topliss-reactive ketones (excluding diaryl/α,β-unsaturated/α-hetero) is 1. The van der Waals surface area contributed by atoms with Crippen molar-refractivity contribution in [2.45, 2.75) is 40.7 Å². The number of anilines is 1. The Morgan fingerprint density at radius 3 is 2.41 bits per heavy atom. The van der Waals surface area contributed by atoms with Crippen LogP contribution in [-0.4, -0.2) is 21.8 Å². The first-order chi connectivity index (χ1) is 12.6. The van der Waals surface area contributed by atoms with Gasteiger partial charge in [0.25, 0.3) is 5.91 Å². The minimum absolute atomic E-state index is 0.103. The molecule has 1 aliphatic rings. The summed E-state index contributed by atoms with van der Waals surface area (Å²) < 4.78 is 0. The number of hydrogen-bond acceptors (Lipinski definition) is 4. The van der Waals surface area contributed by atoms with E-state index in [-0.39, 0.29) is 11.4 Å². The van der Waals surface area contributed by atoms with E-state index in [2.05, 4.69) is 4.98 Å². The maximum atomic E-state index is 13.1. The Bertz CT molecular complexity index is 940. The van der Waals surface area contributed by atoms with Gasteiger partial charge in [0.1, 0.15) is 6.04 Å². The van der Waals surface area contributed by atoms with Gasteiger partial charge in [-0.3, -0.25) is 19.5 Å². The second-order valence-electron chi connectivity index (χ2n) is 7.96. The summed E-state index contributed by atoms with van der Waals surface area (Å²) >= 11 is 0. The second-order valence-corrected chi connectivity index (χ2v) is 7.96. The van der Waals surface area contributed by atoms with E-state index in [1.165, 1.54) is 4.90 Å². The summed E-state index contributed by atoms with van der Waals surface area (Å²) in [6.45, 7) is 9.20. The first-order valence-corrected chi connectivity index (χ1v) is 8.92. The molecule has 2 heterocycles. The van der Waals surface area contributed by atoms with Crippen LogP contribution in [0.15, 0.2) is 53.9 Å². The summed E-state index contributed by atoms with van der Waals surface area (Å²) in [6, 6.07) is 10.3. The van der Waals surface area contributed by atoms with Crippen LogP contribution in [-0.2, 0) is 9.59 Å². The third-order valence-corrected chi connectivity index (χ3v) is 4.71. The van der Waals surface area contributed by atoms with Gasteiger partial charge < -0.3 is 5.11 Å². The van der Waals surface area contributed by atoms with Crippen LogP contribution >= 0.6 is 0 Å². The smallest absolute Gasteiger partial charge is 0.294 e.